The molecule has 0 aliphatic heterocycles. The molecule has 0 aromatic carbocycles. The molecule has 0 bridgehead atoms. The van der Waals surface area contributed by atoms with Crippen LogP contribution in [0.2, 0.25) is 0 Å². The fourth-order valence-electron chi connectivity index (χ4n) is 3.06. The molecule has 0 radical (unpaired) electrons. The summed E-state index contributed by atoms with van der Waals surface area (Å²) in [6, 6.07) is 0.353. The first-order valence-corrected chi connectivity index (χ1v) is 7.28. The van der Waals surface area contributed by atoms with E-state index in [1.165, 1.54) is 6.42 Å². The highest BCUT2D eigenvalue weighted by Gasteiger charge is 2.22. The molecule has 106 valence electrons. The van der Waals surface area contributed by atoms with Crippen molar-refractivity contribution in [2.24, 2.45) is 23.0 Å². The topological polar surface area (TPSA) is 55.1 Å². The molecule has 3 unspecified atom stereocenters. The van der Waals surface area contributed by atoms with Gasteiger partial charge >= 0.3 is 0 Å². The van der Waals surface area contributed by atoms with Crippen molar-refractivity contribution in [1.82, 2.24) is 5.32 Å². The van der Waals surface area contributed by atoms with E-state index in [0.29, 0.717) is 29.7 Å². The van der Waals surface area contributed by atoms with Crippen LogP contribution in [0.4, 0.5) is 0 Å². The van der Waals surface area contributed by atoms with Crippen molar-refractivity contribution in [3.05, 3.63) is 0 Å². The van der Waals surface area contributed by atoms with Crippen LogP contribution in [0.1, 0.15) is 59.8 Å². The number of nitrogens with one attached hydrogen (secondary N) is 1. The summed E-state index contributed by atoms with van der Waals surface area (Å²) >= 11 is 0. The average molecular weight is 254 g/mol. The Labute approximate surface area is 112 Å². The maximum absolute atomic E-state index is 11.8. The minimum Gasteiger partial charge on any atom is -0.356 e. The second kappa shape index (κ2) is 6.55. The molecule has 3 atom stereocenters. The highest BCUT2D eigenvalue weighted by atomic mass is 16.1. The van der Waals surface area contributed by atoms with Crippen molar-refractivity contribution >= 4 is 5.91 Å². The predicted molar refractivity (Wildman–Crippen MR) is 76.2 cm³/mol. The maximum atomic E-state index is 11.8. The summed E-state index contributed by atoms with van der Waals surface area (Å²) in [5, 5.41) is 3.07. The van der Waals surface area contributed by atoms with Gasteiger partial charge in [0.25, 0.3) is 0 Å². The van der Waals surface area contributed by atoms with Crippen molar-refractivity contribution in [3.63, 3.8) is 0 Å². The first kappa shape index (κ1) is 15.5. The minimum absolute atomic E-state index is 0.201. The van der Waals surface area contributed by atoms with Gasteiger partial charge in [-0.2, -0.15) is 0 Å². The maximum Gasteiger partial charge on any atom is 0.220 e. The van der Waals surface area contributed by atoms with Crippen LogP contribution in [0.3, 0.4) is 0 Å². The molecule has 1 rings (SSSR count). The molecule has 0 aromatic heterocycles. The SMILES string of the molecule is CC(CC(=O)NCC1CCC(N)C1)CC(C)(C)C. The number of hydrogen-bond acceptors (Lipinski definition) is 2. The Kier molecular flexibility index (Phi) is 5.64. The van der Waals surface area contributed by atoms with E-state index in [2.05, 4.69) is 33.0 Å². The Morgan fingerprint density at radius 2 is 2.06 bits per heavy atom. The molecule has 1 aliphatic carbocycles. The van der Waals surface area contributed by atoms with E-state index >= 15 is 0 Å². The Balaban J connectivity index is 2.17. The summed E-state index contributed by atoms with van der Waals surface area (Å²) in [5.74, 6) is 1.25. The monoisotopic (exact) mass is 254 g/mol. The molecule has 1 aliphatic rings. The van der Waals surface area contributed by atoms with Gasteiger partial charge in [-0.1, -0.05) is 27.7 Å². The summed E-state index contributed by atoms with van der Waals surface area (Å²) in [6.45, 7) is 9.65. The zero-order valence-corrected chi connectivity index (χ0v) is 12.5. The molecule has 18 heavy (non-hydrogen) atoms. The number of nitrogens with two attached hydrogens (primary N) is 1. The van der Waals surface area contributed by atoms with Crippen molar-refractivity contribution in [3.8, 4) is 0 Å². The number of hydrogen-bond donors (Lipinski definition) is 2. The largest absolute Gasteiger partial charge is 0.356 e. The summed E-state index contributed by atoms with van der Waals surface area (Å²) in [4.78, 5) is 11.8. The van der Waals surface area contributed by atoms with Gasteiger partial charge in [-0.25, -0.2) is 0 Å². The van der Waals surface area contributed by atoms with Gasteiger partial charge in [0.2, 0.25) is 5.91 Å². The zero-order valence-electron chi connectivity index (χ0n) is 12.5. The quantitative estimate of drug-likeness (QED) is 0.792. The third-order valence-corrected chi connectivity index (χ3v) is 3.66. The highest BCUT2D eigenvalue weighted by molar-refractivity contribution is 5.76. The Morgan fingerprint density at radius 3 is 2.56 bits per heavy atom. The highest BCUT2D eigenvalue weighted by Crippen LogP contribution is 2.26. The van der Waals surface area contributed by atoms with Crippen LogP contribution < -0.4 is 11.1 Å². The van der Waals surface area contributed by atoms with Gasteiger partial charge in [0, 0.05) is 19.0 Å². The molecule has 3 heteroatoms. The second-order valence-electron chi connectivity index (χ2n) is 7.32. The normalized spacial score (nSPS) is 26.1. The van der Waals surface area contributed by atoms with E-state index in [-0.39, 0.29) is 5.91 Å². The van der Waals surface area contributed by atoms with Gasteiger partial charge in [0.1, 0.15) is 0 Å². The smallest absolute Gasteiger partial charge is 0.220 e. The number of carbonyl (C=O) groups is 1. The van der Waals surface area contributed by atoms with E-state index in [1.807, 2.05) is 0 Å². The van der Waals surface area contributed by atoms with Crippen LogP contribution in [0.25, 0.3) is 0 Å². The van der Waals surface area contributed by atoms with Crippen molar-refractivity contribution in [2.75, 3.05) is 6.54 Å². The summed E-state index contributed by atoms with van der Waals surface area (Å²) in [5.41, 5.74) is 6.17. The summed E-state index contributed by atoms with van der Waals surface area (Å²) in [6.07, 6.45) is 5.09. The molecule has 3 nitrogen and oxygen atoms in total. The van der Waals surface area contributed by atoms with Crippen molar-refractivity contribution < 1.29 is 4.79 Å². The molecular formula is C15H30N2O. The number of amides is 1. The van der Waals surface area contributed by atoms with Gasteiger partial charge < -0.3 is 11.1 Å². The first-order valence-electron chi connectivity index (χ1n) is 7.28. The molecule has 0 heterocycles. The molecule has 1 amide bonds. The van der Waals surface area contributed by atoms with Gasteiger partial charge in [-0.05, 0) is 42.9 Å². The van der Waals surface area contributed by atoms with Gasteiger partial charge in [-0.15, -0.1) is 0 Å². The standard InChI is InChI=1S/C15H30N2O/c1-11(9-15(2,3)4)7-14(18)17-10-12-5-6-13(16)8-12/h11-13H,5-10,16H2,1-4H3,(H,17,18). The van der Waals surface area contributed by atoms with Crippen LogP contribution in [0, 0.1) is 17.3 Å². The van der Waals surface area contributed by atoms with Gasteiger partial charge in [0.15, 0.2) is 0 Å². The lowest BCUT2D eigenvalue weighted by molar-refractivity contribution is -0.122. The Bertz CT molecular complexity index is 270. The lowest BCUT2D eigenvalue weighted by atomic mass is 9.84. The number of carbonyl (C=O) groups excluding carboxylic acids is 1. The van der Waals surface area contributed by atoms with E-state index in [4.69, 9.17) is 5.73 Å². The molecule has 1 fully saturated rings. The molecule has 0 aromatic rings. The first-order chi connectivity index (χ1) is 8.26. The Hall–Kier alpha value is -0.570. The lowest BCUT2D eigenvalue weighted by Crippen LogP contribution is -2.30. The molecular weight excluding hydrogens is 224 g/mol. The average Bonchev–Trinajstić information content (AvgIpc) is 2.58. The third kappa shape index (κ3) is 6.39. The van der Waals surface area contributed by atoms with Crippen LogP contribution in [-0.2, 0) is 4.79 Å². The Morgan fingerprint density at radius 1 is 1.39 bits per heavy atom. The molecule has 1 saturated carbocycles. The minimum atomic E-state index is 0.201. The van der Waals surface area contributed by atoms with Gasteiger partial charge in [-0.3, -0.25) is 4.79 Å². The number of rotatable bonds is 5. The molecule has 3 N–H and O–H groups in total. The molecule has 0 saturated heterocycles. The predicted octanol–water partition coefficient (Wildman–Crippen LogP) is 2.69. The fraction of sp³-hybridized carbons (Fsp3) is 0.933. The van der Waals surface area contributed by atoms with Crippen LogP contribution >= 0.6 is 0 Å². The van der Waals surface area contributed by atoms with E-state index < -0.39 is 0 Å². The van der Waals surface area contributed by atoms with E-state index in [9.17, 15) is 4.79 Å². The summed E-state index contributed by atoms with van der Waals surface area (Å²) in [7, 11) is 0. The van der Waals surface area contributed by atoms with Crippen LogP contribution in [0.15, 0.2) is 0 Å². The summed E-state index contributed by atoms with van der Waals surface area (Å²) < 4.78 is 0. The third-order valence-electron chi connectivity index (χ3n) is 3.66. The fourth-order valence-corrected chi connectivity index (χ4v) is 3.06. The van der Waals surface area contributed by atoms with Crippen LogP contribution in [0.5, 0.6) is 0 Å². The van der Waals surface area contributed by atoms with Crippen LogP contribution in [-0.4, -0.2) is 18.5 Å². The van der Waals surface area contributed by atoms with Crippen molar-refractivity contribution in [1.29, 1.82) is 0 Å². The van der Waals surface area contributed by atoms with Crippen molar-refractivity contribution in [2.45, 2.75) is 65.8 Å². The zero-order chi connectivity index (χ0) is 13.8. The van der Waals surface area contributed by atoms with E-state index in [0.717, 1.165) is 25.8 Å². The lowest BCUT2D eigenvalue weighted by Gasteiger charge is -2.23. The van der Waals surface area contributed by atoms with E-state index in [1.54, 1.807) is 0 Å². The van der Waals surface area contributed by atoms with Gasteiger partial charge in [0.05, 0.1) is 0 Å². The molecule has 0 spiro atoms. The second-order valence-corrected chi connectivity index (χ2v) is 7.32.